The van der Waals surface area contributed by atoms with E-state index in [0.29, 0.717) is 28.1 Å². The van der Waals surface area contributed by atoms with Gasteiger partial charge < -0.3 is 0 Å². The Bertz CT molecular complexity index is 512. The van der Waals surface area contributed by atoms with E-state index in [-0.39, 0.29) is 0 Å². The molecule has 0 spiro atoms. The number of rotatable bonds is 3. The summed E-state index contributed by atoms with van der Waals surface area (Å²) >= 11 is 0. The predicted octanol–water partition coefficient (Wildman–Crippen LogP) is 7.21. The van der Waals surface area contributed by atoms with Gasteiger partial charge in [0.1, 0.15) is 0 Å². The zero-order valence-electron chi connectivity index (χ0n) is 17.8. The number of allylic oxidation sites excluding steroid dienone is 2. The van der Waals surface area contributed by atoms with Crippen LogP contribution >= 0.6 is 0 Å². The second-order valence-electron chi connectivity index (χ2n) is 11.1. The highest BCUT2D eigenvalue weighted by molar-refractivity contribution is 5.17. The molecule has 2 bridgehead atoms. The van der Waals surface area contributed by atoms with Crippen LogP contribution in [0.15, 0.2) is 12.2 Å². The van der Waals surface area contributed by atoms with E-state index in [1.54, 1.807) is 0 Å². The molecule has 0 aromatic rings. The molecule has 0 aliphatic heterocycles. The molecule has 2 saturated carbocycles. The highest BCUT2D eigenvalue weighted by atomic mass is 14.7. The molecule has 0 aromatic heterocycles. The Morgan fingerprint density at radius 2 is 1.38 bits per heavy atom. The lowest BCUT2D eigenvalue weighted by atomic mass is 9.43. The van der Waals surface area contributed by atoms with Gasteiger partial charge >= 0.3 is 0 Å². The summed E-state index contributed by atoms with van der Waals surface area (Å²) in [6.45, 7) is 22.9. The lowest BCUT2D eigenvalue weighted by molar-refractivity contribution is -0.112. The normalized spacial score (nSPS) is 51.3. The van der Waals surface area contributed by atoms with Crippen molar-refractivity contribution in [3.05, 3.63) is 12.2 Å². The van der Waals surface area contributed by atoms with Gasteiger partial charge in [0, 0.05) is 0 Å². The molecule has 0 amide bonds. The highest BCUT2D eigenvalue weighted by Gasteiger charge is 2.62. The first kappa shape index (κ1) is 18.5. The van der Waals surface area contributed by atoms with Gasteiger partial charge in [-0.2, -0.15) is 0 Å². The first-order valence-corrected chi connectivity index (χ1v) is 10.7. The van der Waals surface area contributed by atoms with Gasteiger partial charge in [0.15, 0.2) is 0 Å². The topological polar surface area (TPSA) is 0 Å². The third-order valence-corrected chi connectivity index (χ3v) is 10.4. The highest BCUT2D eigenvalue weighted by Crippen LogP contribution is 2.68. The minimum Gasteiger partial charge on any atom is -0.0848 e. The zero-order valence-corrected chi connectivity index (χ0v) is 17.8. The van der Waals surface area contributed by atoms with Crippen molar-refractivity contribution in [1.29, 1.82) is 0 Å². The van der Waals surface area contributed by atoms with Gasteiger partial charge in [-0.3, -0.25) is 0 Å². The Hall–Kier alpha value is -0.260. The molecule has 0 heteroatoms. The molecular weight excluding hydrogens is 288 g/mol. The second-order valence-corrected chi connectivity index (χ2v) is 11.1. The van der Waals surface area contributed by atoms with Crippen LogP contribution in [-0.2, 0) is 0 Å². The van der Waals surface area contributed by atoms with Gasteiger partial charge in [0.05, 0.1) is 0 Å². The van der Waals surface area contributed by atoms with Gasteiger partial charge in [-0.25, -0.2) is 0 Å². The number of hydrogen-bond acceptors (Lipinski definition) is 0. The molecule has 0 aromatic carbocycles. The van der Waals surface area contributed by atoms with Gasteiger partial charge in [0.2, 0.25) is 0 Å². The SMILES string of the molecule is CC(C)C1(C)C(C)C=CC(C)C1(C)C(C)C1CC2CCC1C2(C)C. The van der Waals surface area contributed by atoms with E-state index in [9.17, 15) is 0 Å². The fourth-order valence-electron chi connectivity index (χ4n) is 7.87. The molecule has 2 fully saturated rings. The summed E-state index contributed by atoms with van der Waals surface area (Å²) in [4.78, 5) is 0. The van der Waals surface area contributed by atoms with Crippen molar-refractivity contribution in [3.63, 3.8) is 0 Å². The lowest BCUT2D eigenvalue weighted by Crippen LogP contribution is -2.56. The molecule has 0 radical (unpaired) electrons. The van der Waals surface area contributed by atoms with E-state index in [1.807, 2.05) is 0 Å². The van der Waals surface area contributed by atoms with E-state index in [2.05, 4.69) is 74.5 Å². The number of fused-ring (bicyclic) bond motifs is 2. The minimum atomic E-state index is 0.382. The van der Waals surface area contributed by atoms with E-state index in [4.69, 9.17) is 0 Å². The molecule has 24 heavy (non-hydrogen) atoms. The quantitative estimate of drug-likeness (QED) is 0.480. The van der Waals surface area contributed by atoms with Crippen molar-refractivity contribution in [2.45, 2.75) is 81.6 Å². The van der Waals surface area contributed by atoms with Crippen LogP contribution in [0.2, 0.25) is 0 Å². The first-order valence-electron chi connectivity index (χ1n) is 10.7. The van der Waals surface area contributed by atoms with Crippen molar-refractivity contribution in [2.24, 2.45) is 57.7 Å². The minimum absolute atomic E-state index is 0.382. The summed E-state index contributed by atoms with van der Waals surface area (Å²) in [5.74, 6) is 5.75. The maximum atomic E-state index is 2.65. The Morgan fingerprint density at radius 1 is 0.833 bits per heavy atom. The lowest BCUT2D eigenvalue weighted by Gasteiger charge is -2.62. The van der Waals surface area contributed by atoms with E-state index in [1.165, 1.54) is 19.3 Å². The molecule has 0 saturated heterocycles. The molecule has 8 atom stereocenters. The molecule has 3 aliphatic rings. The number of hydrogen-bond donors (Lipinski definition) is 0. The Kier molecular flexibility index (Phi) is 4.34. The fourth-order valence-corrected chi connectivity index (χ4v) is 7.87. The van der Waals surface area contributed by atoms with Gasteiger partial charge in [-0.15, -0.1) is 0 Å². The van der Waals surface area contributed by atoms with Gasteiger partial charge in [0.25, 0.3) is 0 Å². The summed E-state index contributed by atoms with van der Waals surface area (Å²) in [6.07, 6.45) is 9.53. The first-order chi connectivity index (χ1) is 11.0. The average Bonchev–Trinajstić information content (AvgIpc) is 2.95. The molecule has 0 heterocycles. The van der Waals surface area contributed by atoms with Crippen LogP contribution in [0.25, 0.3) is 0 Å². The van der Waals surface area contributed by atoms with Crippen LogP contribution in [0.5, 0.6) is 0 Å². The van der Waals surface area contributed by atoms with Crippen LogP contribution in [0, 0.1) is 57.7 Å². The standard InChI is InChI=1S/C24H42/c1-15(2)23(8)16(3)10-11-17(4)24(23,9)18(5)20-14-19-12-13-21(20)22(19,6)7/h10-11,15-21H,12-14H2,1-9H3. The zero-order chi connectivity index (χ0) is 18.1. The third kappa shape index (κ3) is 2.10. The smallest absolute Gasteiger partial charge is 0.0175 e. The van der Waals surface area contributed by atoms with Crippen LogP contribution in [-0.4, -0.2) is 0 Å². The van der Waals surface area contributed by atoms with Crippen molar-refractivity contribution >= 4 is 0 Å². The molecule has 8 unspecified atom stereocenters. The molecule has 0 N–H and O–H groups in total. The second kappa shape index (κ2) is 5.62. The maximum absolute atomic E-state index is 2.65. The predicted molar refractivity (Wildman–Crippen MR) is 106 cm³/mol. The van der Waals surface area contributed by atoms with Gasteiger partial charge in [-0.05, 0) is 76.9 Å². The summed E-state index contributed by atoms with van der Waals surface area (Å²) in [6, 6.07) is 0. The van der Waals surface area contributed by atoms with Crippen LogP contribution in [0.4, 0.5) is 0 Å². The van der Waals surface area contributed by atoms with E-state index < -0.39 is 0 Å². The third-order valence-electron chi connectivity index (χ3n) is 10.4. The Balaban J connectivity index is 2.00. The van der Waals surface area contributed by atoms with Crippen molar-refractivity contribution in [1.82, 2.24) is 0 Å². The summed E-state index contributed by atoms with van der Waals surface area (Å²) in [7, 11) is 0. The monoisotopic (exact) mass is 330 g/mol. The molecule has 0 nitrogen and oxygen atoms in total. The van der Waals surface area contributed by atoms with Crippen LogP contribution < -0.4 is 0 Å². The van der Waals surface area contributed by atoms with Gasteiger partial charge in [-0.1, -0.05) is 74.5 Å². The molecule has 138 valence electrons. The van der Waals surface area contributed by atoms with Crippen molar-refractivity contribution in [2.75, 3.05) is 0 Å². The maximum Gasteiger partial charge on any atom is -0.0175 e. The van der Waals surface area contributed by atoms with E-state index in [0.717, 1.165) is 29.6 Å². The summed E-state index contributed by atoms with van der Waals surface area (Å²) < 4.78 is 0. The fraction of sp³-hybridized carbons (Fsp3) is 0.917. The van der Waals surface area contributed by atoms with Crippen molar-refractivity contribution < 1.29 is 0 Å². The summed E-state index contributed by atoms with van der Waals surface area (Å²) in [5, 5.41) is 0. The Labute approximate surface area is 151 Å². The molecule has 3 rings (SSSR count). The largest absolute Gasteiger partial charge is 0.0848 e. The Morgan fingerprint density at radius 3 is 1.79 bits per heavy atom. The molecule has 3 aliphatic carbocycles. The average molecular weight is 331 g/mol. The van der Waals surface area contributed by atoms with Crippen LogP contribution in [0.1, 0.15) is 81.6 Å². The van der Waals surface area contributed by atoms with E-state index >= 15 is 0 Å². The molecular formula is C24H42. The van der Waals surface area contributed by atoms with Crippen molar-refractivity contribution in [3.8, 4) is 0 Å². The van der Waals surface area contributed by atoms with Crippen LogP contribution in [0.3, 0.4) is 0 Å². The summed E-state index contributed by atoms with van der Waals surface area (Å²) in [5.41, 5.74) is 1.36.